The smallest absolute Gasteiger partial charge is 0.129 e. The van der Waals surface area contributed by atoms with Crippen LogP contribution in [0.5, 0.6) is 0 Å². The Balaban J connectivity index is 0.00000144. The highest BCUT2D eigenvalue weighted by molar-refractivity contribution is 5.85. The Morgan fingerprint density at radius 1 is 1.41 bits per heavy atom. The number of hydrogen-bond acceptors (Lipinski definition) is 4. The second-order valence-corrected chi connectivity index (χ2v) is 4.11. The van der Waals surface area contributed by atoms with Crippen LogP contribution in [0, 0.1) is 5.82 Å². The first kappa shape index (κ1) is 13.7. The van der Waals surface area contributed by atoms with Gasteiger partial charge in [-0.15, -0.1) is 12.4 Å². The molecule has 1 aromatic carbocycles. The molecule has 0 amide bonds. The molecular weight excluding hydrogens is 245 g/mol. The van der Waals surface area contributed by atoms with Gasteiger partial charge in [0.15, 0.2) is 0 Å². The van der Waals surface area contributed by atoms with Crippen LogP contribution in [0.15, 0.2) is 23.2 Å². The van der Waals surface area contributed by atoms with Crippen molar-refractivity contribution in [2.45, 2.75) is 12.5 Å². The Morgan fingerprint density at radius 2 is 2.12 bits per heavy atom. The van der Waals surface area contributed by atoms with E-state index in [1.807, 2.05) is 0 Å². The molecule has 0 saturated carbocycles. The van der Waals surface area contributed by atoms with E-state index in [-0.39, 0.29) is 18.2 Å². The maximum atomic E-state index is 13.7. The zero-order chi connectivity index (χ0) is 11.8. The van der Waals surface area contributed by atoms with E-state index in [0.29, 0.717) is 30.3 Å². The molecule has 1 heterocycles. The standard InChI is InChI=1S/C11H14FN3O.ClH/c1-11(6-16-5-10(14)15-11)8-4-7(13)2-3-9(8)12;/h2-4H,5-6,13H2,1H3,(H2,14,15);1H/t11-;/m0./s1. The van der Waals surface area contributed by atoms with Gasteiger partial charge in [-0.1, -0.05) is 0 Å². The van der Waals surface area contributed by atoms with Crippen LogP contribution in [0.2, 0.25) is 0 Å². The molecule has 1 aliphatic heterocycles. The summed E-state index contributed by atoms with van der Waals surface area (Å²) >= 11 is 0. The third-order valence-corrected chi connectivity index (χ3v) is 2.59. The van der Waals surface area contributed by atoms with E-state index in [0.717, 1.165) is 0 Å². The van der Waals surface area contributed by atoms with Crippen LogP contribution < -0.4 is 11.5 Å². The zero-order valence-electron chi connectivity index (χ0n) is 9.44. The average molecular weight is 260 g/mol. The van der Waals surface area contributed by atoms with Crippen molar-refractivity contribution in [3.8, 4) is 0 Å². The minimum Gasteiger partial charge on any atom is -0.399 e. The van der Waals surface area contributed by atoms with Crippen molar-refractivity contribution >= 4 is 23.9 Å². The quantitative estimate of drug-likeness (QED) is 0.750. The van der Waals surface area contributed by atoms with Crippen LogP contribution in [-0.4, -0.2) is 19.0 Å². The maximum absolute atomic E-state index is 13.7. The van der Waals surface area contributed by atoms with Gasteiger partial charge in [0.2, 0.25) is 0 Å². The van der Waals surface area contributed by atoms with Crippen molar-refractivity contribution in [1.82, 2.24) is 0 Å². The van der Waals surface area contributed by atoms with Crippen molar-refractivity contribution in [3.05, 3.63) is 29.6 Å². The fraction of sp³-hybridized carbons (Fsp3) is 0.364. The van der Waals surface area contributed by atoms with Gasteiger partial charge < -0.3 is 16.2 Å². The number of nitrogens with zero attached hydrogens (tertiary/aromatic N) is 1. The molecule has 0 aliphatic carbocycles. The van der Waals surface area contributed by atoms with E-state index < -0.39 is 5.54 Å². The highest BCUT2D eigenvalue weighted by Gasteiger charge is 2.32. The molecule has 2 rings (SSSR count). The summed E-state index contributed by atoms with van der Waals surface area (Å²) in [6.07, 6.45) is 0. The van der Waals surface area contributed by atoms with Crippen LogP contribution in [0.1, 0.15) is 12.5 Å². The summed E-state index contributed by atoms with van der Waals surface area (Å²) in [5.74, 6) is 0.0225. The van der Waals surface area contributed by atoms with Gasteiger partial charge in [-0.25, -0.2) is 4.39 Å². The number of ether oxygens (including phenoxy) is 1. The van der Waals surface area contributed by atoms with E-state index in [1.54, 1.807) is 13.0 Å². The molecule has 0 aromatic heterocycles. The summed E-state index contributed by atoms with van der Waals surface area (Å²) in [5.41, 5.74) is 11.4. The predicted molar refractivity (Wildman–Crippen MR) is 67.9 cm³/mol. The lowest BCUT2D eigenvalue weighted by atomic mass is 9.92. The van der Waals surface area contributed by atoms with Crippen molar-refractivity contribution < 1.29 is 9.13 Å². The topological polar surface area (TPSA) is 73.6 Å². The zero-order valence-corrected chi connectivity index (χ0v) is 10.3. The van der Waals surface area contributed by atoms with Crippen LogP contribution in [0.25, 0.3) is 0 Å². The van der Waals surface area contributed by atoms with E-state index >= 15 is 0 Å². The monoisotopic (exact) mass is 259 g/mol. The number of amidine groups is 1. The maximum Gasteiger partial charge on any atom is 0.129 e. The average Bonchev–Trinajstić information content (AvgIpc) is 2.21. The van der Waals surface area contributed by atoms with Crippen molar-refractivity contribution in [2.75, 3.05) is 18.9 Å². The SMILES string of the molecule is C[C@@]1(c2cc(N)ccc2F)COCC(N)=N1.Cl. The van der Waals surface area contributed by atoms with Gasteiger partial charge in [0.25, 0.3) is 0 Å². The molecule has 17 heavy (non-hydrogen) atoms. The third kappa shape index (κ3) is 2.68. The Bertz CT molecular complexity index is 452. The lowest BCUT2D eigenvalue weighted by Crippen LogP contribution is -2.38. The van der Waals surface area contributed by atoms with E-state index in [2.05, 4.69) is 4.99 Å². The van der Waals surface area contributed by atoms with Crippen molar-refractivity contribution in [1.29, 1.82) is 0 Å². The summed E-state index contributed by atoms with van der Waals surface area (Å²) in [6.45, 7) is 2.37. The number of nitrogens with two attached hydrogens (primary N) is 2. The van der Waals surface area contributed by atoms with Crippen molar-refractivity contribution in [3.63, 3.8) is 0 Å². The van der Waals surface area contributed by atoms with Gasteiger partial charge in [-0.2, -0.15) is 0 Å². The molecule has 0 spiro atoms. The van der Waals surface area contributed by atoms with Gasteiger partial charge in [0.05, 0.1) is 6.61 Å². The molecule has 0 bridgehead atoms. The molecule has 94 valence electrons. The van der Waals surface area contributed by atoms with E-state index in [4.69, 9.17) is 16.2 Å². The highest BCUT2D eigenvalue weighted by atomic mass is 35.5. The molecule has 1 aromatic rings. The molecule has 0 unspecified atom stereocenters. The van der Waals surface area contributed by atoms with E-state index in [9.17, 15) is 4.39 Å². The number of hydrogen-bond donors (Lipinski definition) is 2. The predicted octanol–water partition coefficient (Wildman–Crippen LogP) is 1.43. The molecule has 0 fully saturated rings. The minimum atomic E-state index is -0.790. The molecular formula is C11H15ClFN3O. The Labute approximate surface area is 105 Å². The van der Waals surface area contributed by atoms with Gasteiger partial charge in [0, 0.05) is 11.3 Å². The molecule has 1 aliphatic rings. The first-order valence-electron chi connectivity index (χ1n) is 4.99. The van der Waals surface area contributed by atoms with Crippen LogP contribution >= 0.6 is 12.4 Å². The lowest BCUT2D eigenvalue weighted by Gasteiger charge is -2.30. The second-order valence-electron chi connectivity index (χ2n) is 4.11. The molecule has 4 N–H and O–H groups in total. The number of anilines is 1. The normalized spacial score (nSPS) is 23.8. The van der Waals surface area contributed by atoms with Gasteiger partial charge in [-0.05, 0) is 25.1 Å². The lowest BCUT2D eigenvalue weighted by molar-refractivity contribution is 0.104. The number of benzene rings is 1. The molecule has 0 radical (unpaired) electrons. The number of rotatable bonds is 1. The summed E-state index contributed by atoms with van der Waals surface area (Å²) < 4.78 is 19.0. The van der Waals surface area contributed by atoms with Gasteiger partial charge in [-0.3, -0.25) is 4.99 Å². The first-order chi connectivity index (χ1) is 7.51. The number of aliphatic imine (C=N–C) groups is 1. The Morgan fingerprint density at radius 3 is 2.76 bits per heavy atom. The number of halogens is 2. The summed E-state index contributed by atoms with van der Waals surface area (Å²) in [5, 5.41) is 0. The Hall–Kier alpha value is -1.33. The molecule has 4 nitrogen and oxygen atoms in total. The largest absolute Gasteiger partial charge is 0.399 e. The third-order valence-electron chi connectivity index (χ3n) is 2.59. The van der Waals surface area contributed by atoms with Crippen LogP contribution in [-0.2, 0) is 10.3 Å². The van der Waals surface area contributed by atoms with Gasteiger partial charge >= 0.3 is 0 Å². The highest BCUT2D eigenvalue weighted by Crippen LogP contribution is 2.31. The summed E-state index contributed by atoms with van der Waals surface area (Å²) in [6, 6.07) is 4.41. The van der Waals surface area contributed by atoms with Gasteiger partial charge in [0.1, 0.15) is 23.8 Å². The fourth-order valence-electron chi connectivity index (χ4n) is 1.83. The van der Waals surface area contributed by atoms with E-state index in [1.165, 1.54) is 12.1 Å². The number of nitrogen functional groups attached to an aromatic ring is 1. The minimum absolute atomic E-state index is 0. The van der Waals surface area contributed by atoms with Crippen molar-refractivity contribution in [2.24, 2.45) is 10.7 Å². The summed E-state index contributed by atoms with van der Waals surface area (Å²) in [4.78, 5) is 4.26. The fourth-order valence-corrected chi connectivity index (χ4v) is 1.83. The molecule has 6 heteroatoms. The molecule has 1 atom stereocenters. The molecule has 0 saturated heterocycles. The second kappa shape index (κ2) is 4.89. The Kier molecular flexibility index (Phi) is 3.95. The van der Waals surface area contributed by atoms with Crippen LogP contribution in [0.3, 0.4) is 0 Å². The summed E-state index contributed by atoms with van der Waals surface area (Å²) in [7, 11) is 0. The first-order valence-corrected chi connectivity index (χ1v) is 4.99. The van der Waals surface area contributed by atoms with Crippen LogP contribution in [0.4, 0.5) is 10.1 Å².